The fraction of sp³-hybridized carbons (Fsp3) is 0.769. The highest BCUT2D eigenvalue weighted by atomic mass is 16.7. The molecule has 4 nitrogen and oxygen atoms in total. The van der Waals surface area contributed by atoms with E-state index in [2.05, 4.69) is 11.8 Å². The first-order valence-electron chi connectivity index (χ1n) is 5.96. The summed E-state index contributed by atoms with van der Waals surface area (Å²) in [4.78, 5) is 11.1. The van der Waals surface area contributed by atoms with Crippen molar-refractivity contribution in [2.24, 2.45) is 5.92 Å². The van der Waals surface area contributed by atoms with Crippen molar-refractivity contribution in [2.75, 3.05) is 13.2 Å². The monoisotopic (exact) mass is 242 g/mol. The number of hydrogen-bond acceptors (Lipinski definition) is 4. The van der Waals surface area contributed by atoms with E-state index in [9.17, 15) is 4.79 Å². The second-order valence-corrected chi connectivity index (χ2v) is 3.81. The van der Waals surface area contributed by atoms with Gasteiger partial charge in [0.15, 0.2) is 6.29 Å². The van der Waals surface area contributed by atoms with Crippen molar-refractivity contribution in [3.63, 3.8) is 0 Å². The molecule has 0 bridgehead atoms. The van der Waals surface area contributed by atoms with Gasteiger partial charge in [-0.15, -0.1) is 0 Å². The number of esters is 1. The molecule has 0 fully saturated rings. The Balaban J connectivity index is 4.38. The number of rotatable bonds is 6. The Hall–Kier alpha value is -1.05. The summed E-state index contributed by atoms with van der Waals surface area (Å²) < 4.78 is 15.6. The lowest BCUT2D eigenvalue weighted by Crippen LogP contribution is -2.25. The smallest absolute Gasteiger partial charge is 0.384 e. The van der Waals surface area contributed by atoms with E-state index in [0.717, 1.165) is 0 Å². The Morgan fingerprint density at radius 1 is 1.18 bits per heavy atom. The highest BCUT2D eigenvalue weighted by Gasteiger charge is 2.15. The zero-order valence-corrected chi connectivity index (χ0v) is 11.3. The van der Waals surface area contributed by atoms with Gasteiger partial charge in [-0.3, -0.25) is 0 Å². The van der Waals surface area contributed by atoms with Crippen molar-refractivity contribution >= 4 is 5.97 Å². The Kier molecular flexibility index (Phi) is 8.47. The van der Waals surface area contributed by atoms with E-state index in [0.29, 0.717) is 13.2 Å². The first-order valence-corrected chi connectivity index (χ1v) is 5.96. The van der Waals surface area contributed by atoms with Crippen LogP contribution in [0.3, 0.4) is 0 Å². The van der Waals surface area contributed by atoms with Gasteiger partial charge < -0.3 is 14.2 Å². The molecule has 98 valence electrons. The molecule has 0 radical (unpaired) electrons. The molecule has 0 N–H and O–H groups in total. The van der Waals surface area contributed by atoms with E-state index in [4.69, 9.17) is 14.2 Å². The van der Waals surface area contributed by atoms with Crippen LogP contribution >= 0.6 is 0 Å². The Morgan fingerprint density at radius 3 is 2.29 bits per heavy atom. The molecule has 0 aromatic carbocycles. The van der Waals surface area contributed by atoms with E-state index in [-0.39, 0.29) is 18.3 Å². The summed E-state index contributed by atoms with van der Waals surface area (Å²) in [6.45, 7) is 10.3. The van der Waals surface area contributed by atoms with Crippen molar-refractivity contribution in [3.8, 4) is 11.8 Å². The van der Waals surface area contributed by atoms with Gasteiger partial charge in [-0.05, 0) is 26.7 Å². The van der Waals surface area contributed by atoms with Crippen LogP contribution in [0.15, 0.2) is 0 Å². The predicted molar refractivity (Wildman–Crippen MR) is 65.2 cm³/mol. The first-order chi connectivity index (χ1) is 8.01. The average molecular weight is 242 g/mol. The van der Waals surface area contributed by atoms with Gasteiger partial charge in [-0.1, -0.05) is 19.8 Å². The summed E-state index contributed by atoms with van der Waals surface area (Å²) in [7, 11) is 0. The molecule has 0 aromatic rings. The van der Waals surface area contributed by atoms with Gasteiger partial charge in [0.25, 0.3) is 0 Å². The molecule has 0 aromatic heterocycles. The van der Waals surface area contributed by atoms with Gasteiger partial charge in [-0.2, -0.15) is 0 Å². The summed E-state index contributed by atoms with van der Waals surface area (Å²) in [6, 6.07) is 0. The SMILES string of the molecule is CCOC(=O)C#CC(OC(C)OCC)C(C)C. The van der Waals surface area contributed by atoms with E-state index in [1.54, 1.807) is 6.92 Å². The van der Waals surface area contributed by atoms with Crippen LogP contribution in [0.1, 0.15) is 34.6 Å². The average Bonchev–Trinajstić information content (AvgIpc) is 2.24. The molecular weight excluding hydrogens is 220 g/mol. The van der Waals surface area contributed by atoms with Crippen molar-refractivity contribution in [1.82, 2.24) is 0 Å². The fourth-order valence-electron chi connectivity index (χ4n) is 1.14. The molecule has 0 aliphatic rings. The fourth-order valence-corrected chi connectivity index (χ4v) is 1.14. The Bertz CT molecular complexity index is 275. The summed E-state index contributed by atoms with van der Waals surface area (Å²) in [5.41, 5.74) is 0. The summed E-state index contributed by atoms with van der Waals surface area (Å²) in [6.07, 6.45) is -0.662. The molecule has 0 spiro atoms. The van der Waals surface area contributed by atoms with Crippen LogP contribution in [-0.4, -0.2) is 31.6 Å². The second-order valence-electron chi connectivity index (χ2n) is 3.81. The topological polar surface area (TPSA) is 44.8 Å². The maximum atomic E-state index is 11.1. The molecule has 2 unspecified atom stereocenters. The standard InChI is InChI=1S/C13H22O4/c1-6-15-11(5)17-12(10(3)4)8-9-13(14)16-7-2/h10-12H,6-7H2,1-5H3. The van der Waals surface area contributed by atoms with Crippen LogP contribution in [0, 0.1) is 17.8 Å². The number of hydrogen-bond donors (Lipinski definition) is 0. The van der Waals surface area contributed by atoms with Crippen LogP contribution in [0.4, 0.5) is 0 Å². The summed E-state index contributed by atoms with van der Waals surface area (Å²) in [5.74, 6) is 4.85. The summed E-state index contributed by atoms with van der Waals surface area (Å²) in [5, 5.41) is 0. The van der Waals surface area contributed by atoms with E-state index in [1.165, 1.54) is 0 Å². The third-order valence-electron chi connectivity index (χ3n) is 1.94. The minimum Gasteiger partial charge on any atom is -0.456 e. The van der Waals surface area contributed by atoms with Crippen LogP contribution < -0.4 is 0 Å². The lowest BCUT2D eigenvalue weighted by molar-refractivity contribution is -0.152. The molecule has 0 saturated carbocycles. The number of ether oxygens (including phenoxy) is 3. The maximum absolute atomic E-state index is 11.1. The lowest BCUT2D eigenvalue weighted by atomic mass is 10.1. The van der Waals surface area contributed by atoms with Gasteiger partial charge in [0.05, 0.1) is 6.61 Å². The van der Waals surface area contributed by atoms with Crippen LogP contribution in [0.2, 0.25) is 0 Å². The molecule has 0 saturated heterocycles. The van der Waals surface area contributed by atoms with Crippen molar-refractivity contribution in [2.45, 2.75) is 47.0 Å². The van der Waals surface area contributed by atoms with Crippen LogP contribution in [-0.2, 0) is 19.0 Å². The normalized spacial score (nSPS) is 13.8. The van der Waals surface area contributed by atoms with Crippen molar-refractivity contribution in [1.29, 1.82) is 0 Å². The number of carbonyl (C=O) groups excluding carboxylic acids is 1. The highest BCUT2D eigenvalue weighted by Crippen LogP contribution is 2.09. The van der Waals surface area contributed by atoms with Gasteiger partial charge in [0.1, 0.15) is 6.10 Å². The predicted octanol–water partition coefficient (Wildman–Crippen LogP) is 1.98. The van der Waals surface area contributed by atoms with Gasteiger partial charge in [0, 0.05) is 12.5 Å². The third kappa shape index (κ3) is 7.78. The molecule has 0 aliphatic heterocycles. The van der Waals surface area contributed by atoms with Gasteiger partial charge in [0.2, 0.25) is 0 Å². The highest BCUT2D eigenvalue weighted by molar-refractivity contribution is 5.88. The van der Waals surface area contributed by atoms with Gasteiger partial charge >= 0.3 is 5.97 Å². The second kappa shape index (κ2) is 9.03. The van der Waals surface area contributed by atoms with Crippen molar-refractivity contribution < 1.29 is 19.0 Å². The molecule has 17 heavy (non-hydrogen) atoms. The van der Waals surface area contributed by atoms with E-state index in [1.807, 2.05) is 27.7 Å². The zero-order valence-electron chi connectivity index (χ0n) is 11.3. The lowest BCUT2D eigenvalue weighted by Gasteiger charge is -2.20. The zero-order chi connectivity index (χ0) is 13.3. The first kappa shape index (κ1) is 16.0. The summed E-state index contributed by atoms with van der Waals surface area (Å²) >= 11 is 0. The van der Waals surface area contributed by atoms with E-state index < -0.39 is 5.97 Å². The molecule has 4 heteroatoms. The minimum absolute atomic E-state index is 0.180. The van der Waals surface area contributed by atoms with Crippen LogP contribution in [0.5, 0.6) is 0 Å². The Labute approximate surface area is 104 Å². The minimum atomic E-state index is -0.522. The third-order valence-corrected chi connectivity index (χ3v) is 1.94. The molecular formula is C13H22O4. The molecule has 2 atom stereocenters. The molecule has 0 amide bonds. The largest absolute Gasteiger partial charge is 0.456 e. The van der Waals surface area contributed by atoms with E-state index >= 15 is 0 Å². The van der Waals surface area contributed by atoms with Gasteiger partial charge in [-0.25, -0.2) is 4.79 Å². The molecule has 0 rings (SSSR count). The molecule has 0 aliphatic carbocycles. The van der Waals surface area contributed by atoms with Crippen LogP contribution in [0.25, 0.3) is 0 Å². The maximum Gasteiger partial charge on any atom is 0.384 e. The Morgan fingerprint density at radius 2 is 1.82 bits per heavy atom. The quantitative estimate of drug-likeness (QED) is 0.309. The van der Waals surface area contributed by atoms with Crippen molar-refractivity contribution in [3.05, 3.63) is 0 Å². The number of carbonyl (C=O) groups is 1. The molecule has 0 heterocycles.